The molecule has 2 aromatic carbocycles. The molecule has 0 fully saturated rings. The highest BCUT2D eigenvalue weighted by Gasteiger charge is 2.25. The van der Waals surface area contributed by atoms with Gasteiger partial charge < -0.3 is 9.72 Å². The van der Waals surface area contributed by atoms with Gasteiger partial charge >= 0.3 is 0 Å². The number of ether oxygens (including phenoxy) is 1. The van der Waals surface area contributed by atoms with Crippen molar-refractivity contribution in [3.63, 3.8) is 0 Å². The summed E-state index contributed by atoms with van der Waals surface area (Å²) < 4.78 is 8.67. The molecule has 1 unspecified atom stereocenters. The molecule has 0 saturated heterocycles. The maximum Gasteiger partial charge on any atom is 0.262 e. The molecule has 1 atom stereocenters. The molecular formula is C25H25N5O3S. The van der Waals surface area contributed by atoms with Crippen molar-refractivity contribution in [1.29, 1.82) is 0 Å². The van der Waals surface area contributed by atoms with Gasteiger partial charge in [-0.2, -0.15) is 0 Å². The molecule has 3 heterocycles. The number of benzene rings is 2. The van der Waals surface area contributed by atoms with Crippen LogP contribution in [0.2, 0.25) is 0 Å². The summed E-state index contributed by atoms with van der Waals surface area (Å²) in [6, 6.07) is 15.2. The summed E-state index contributed by atoms with van der Waals surface area (Å²) in [4.78, 5) is 30.0. The molecule has 0 aliphatic carbocycles. The molecule has 0 amide bonds. The second-order valence-corrected chi connectivity index (χ2v) is 9.54. The van der Waals surface area contributed by atoms with Crippen molar-refractivity contribution in [3.8, 4) is 0 Å². The molecule has 34 heavy (non-hydrogen) atoms. The fraction of sp³-hybridized carbons (Fsp3) is 0.280. The Labute approximate surface area is 199 Å². The van der Waals surface area contributed by atoms with Gasteiger partial charge in [0.15, 0.2) is 10.9 Å². The van der Waals surface area contributed by atoms with E-state index in [-0.39, 0.29) is 11.3 Å². The van der Waals surface area contributed by atoms with E-state index < -0.39 is 5.25 Å². The number of nitrogens with zero attached hydrogens (tertiary/aromatic N) is 4. The van der Waals surface area contributed by atoms with Crippen LogP contribution in [0.25, 0.3) is 27.6 Å². The van der Waals surface area contributed by atoms with E-state index in [4.69, 9.17) is 4.74 Å². The summed E-state index contributed by atoms with van der Waals surface area (Å²) in [5, 5.41) is 10.4. The van der Waals surface area contributed by atoms with Gasteiger partial charge in [-0.3, -0.25) is 18.6 Å². The van der Waals surface area contributed by atoms with Crippen LogP contribution in [0, 0.1) is 6.92 Å². The van der Waals surface area contributed by atoms with Gasteiger partial charge in [-0.05, 0) is 38.5 Å². The van der Waals surface area contributed by atoms with Crippen molar-refractivity contribution in [2.75, 3.05) is 13.7 Å². The Morgan fingerprint density at radius 3 is 2.65 bits per heavy atom. The summed E-state index contributed by atoms with van der Waals surface area (Å²) >= 11 is 1.35. The Balaban J connectivity index is 1.57. The zero-order chi connectivity index (χ0) is 23.8. The summed E-state index contributed by atoms with van der Waals surface area (Å²) in [7, 11) is 1.64. The second kappa shape index (κ2) is 9.08. The number of hydrogen-bond donors (Lipinski definition) is 1. The molecule has 0 spiro atoms. The number of methoxy groups -OCH3 is 1. The van der Waals surface area contributed by atoms with E-state index in [9.17, 15) is 9.59 Å². The largest absolute Gasteiger partial charge is 0.385 e. The summed E-state index contributed by atoms with van der Waals surface area (Å²) in [5.74, 6) is 0.486. The molecule has 0 aliphatic rings. The average Bonchev–Trinajstić information content (AvgIpc) is 3.41. The number of para-hydroxylation sites is 2. The lowest BCUT2D eigenvalue weighted by atomic mass is 10.1. The van der Waals surface area contributed by atoms with E-state index in [2.05, 4.69) is 15.2 Å². The number of fused-ring (bicyclic) bond motifs is 4. The number of aryl methyl sites for hydroxylation is 2. The molecule has 0 saturated carbocycles. The highest BCUT2D eigenvalue weighted by atomic mass is 32.2. The quantitative estimate of drug-likeness (QED) is 0.205. The first-order valence-corrected chi connectivity index (χ1v) is 12.0. The first-order valence-electron chi connectivity index (χ1n) is 11.1. The van der Waals surface area contributed by atoms with Crippen LogP contribution in [0.1, 0.15) is 29.4 Å². The van der Waals surface area contributed by atoms with Crippen molar-refractivity contribution < 1.29 is 9.53 Å². The van der Waals surface area contributed by atoms with Gasteiger partial charge in [-0.15, -0.1) is 10.2 Å². The van der Waals surface area contributed by atoms with Crippen LogP contribution in [0.5, 0.6) is 0 Å². The van der Waals surface area contributed by atoms with Gasteiger partial charge in [-0.25, -0.2) is 0 Å². The Hall–Kier alpha value is -3.43. The van der Waals surface area contributed by atoms with Crippen LogP contribution in [0.3, 0.4) is 0 Å². The highest BCUT2D eigenvalue weighted by molar-refractivity contribution is 8.00. The van der Waals surface area contributed by atoms with Crippen LogP contribution >= 0.6 is 11.8 Å². The number of aromatic amines is 1. The van der Waals surface area contributed by atoms with Crippen LogP contribution in [0.15, 0.2) is 58.5 Å². The summed E-state index contributed by atoms with van der Waals surface area (Å²) in [6.45, 7) is 4.80. The number of aromatic nitrogens is 5. The van der Waals surface area contributed by atoms with E-state index in [1.54, 1.807) is 11.7 Å². The summed E-state index contributed by atoms with van der Waals surface area (Å²) in [6.07, 6.45) is 0.675. The van der Waals surface area contributed by atoms with Gasteiger partial charge in [0.25, 0.3) is 5.56 Å². The second-order valence-electron chi connectivity index (χ2n) is 8.23. The molecular weight excluding hydrogens is 450 g/mol. The number of hydrogen-bond acceptors (Lipinski definition) is 6. The molecule has 8 nitrogen and oxygen atoms in total. The minimum absolute atomic E-state index is 0.0226. The number of H-pyrrole nitrogens is 1. The number of carbonyl (C=O) groups excluding carboxylic acids is 1. The number of rotatable bonds is 8. The highest BCUT2D eigenvalue weighted by Crippen LogP contribution is 2.30. The minimum Gasteiger partial charge on any atom is -0.385 e. The number of nitrogens with one attached hydrogen (secondary N) is 1. The molecule has 174 valence electrons. The topological polar surface area (TPSA) is 94.3 Å². The van der Waals surface area contributed by atoms with Crippen LogP contribution in [-0.2, 0) is 11.3 Å². The predicted octanol–water partition coefficient (Wildman–Crippen LogP) is 4.23. The van der Waals surface area contributed by atoms with E-state index in [0.717, 1.165) is 22.1 Å². The first-order chi connectivity index (χ1) is 16.5. The maximum absolute atomic E-state index is 13.5. The van der Waals surface area contributed by atoms with Gasteiger partial charge in [0.2, 0.25) is 5.78 Å². The average molecular weight is 476 g/mol. The molecule has 1 N–H and O–H groups in total. The first kappa shape index (κ1) is 22.4. The van der Waals surface area contributed by atoms with Gasteiger partial charge in [0.1, 0.15) is 0 Å². The number of thioether (sulfide) groups is 1. The molecule has 0 aliphatic heterocycles. The Morgan fingerprint density at radius 1 is 1.12 bits per heavy atom. The monoisotopic (exact) mass is 475 g/mol. The van der Waals surface area contributed by atoms with Gasteiger partial charge in [-0.1, -0.05) is 42.1 Å². The minimum atomic E-state index is -0.405. The number of ketones is 1. The number of Topliss-reactive ketones (excluding diaryl/α,β-unsaturated/α-hetero) is 1. The Morgan fingerprint density at radius 2 is 1.85 bits per heavy atom. The summed E-state index contributed by atoms with van der Waals surface area (Å²) in [5.41, 5.74) is 3.11. The van der Waals surface area contributed by atoms with E-state index in [1.807, 2.05) is 66.8 Å². The van der Waals surface area contributed by atoms with Crippen molar-refractivity contribution in [1.82, 2.24) is 24.1 Å². The smallest absolute Gasteiger partial charge is 0.262 e. The van der Waals surface area contributed by atoms with Gasteiger partial charge in [0.05, 0.1) is 16.2 Å². The van der Waals surface area contributed by atoms with E-state index in [0.29, 0.717) is 41.5 Å². The van der Waals surface area contributed by atoms with Gasteiger partial charge in [0, 0.05) is 42.4 Å². The standard InChI is InChI=1S/C25H25N5O3S/c1-15-21(17-9-4-6-11-19(17)26-15)22(31)16(2)34-25-28-27-24-29(13-8-14-33-3)23(32)18-10-5-7-12-20(18)30(24)25/h4-7,9-12,16,26H,8,13-14H2,1-3H3. The fourth-order valence-electron chi connectivity index (χ4n) is 4.39. The third-order valence-electron chi connectivity index (χ3n) is 6.00. The van der Waals surface area contributed by atoms with Crippen molar-refractivity contribution in [2.45, 2.75) is 37.2 Å². The lowest BCUT2D eigenvalue weighted by Crippen LogP contribution is -2.24. The Bertz CT molecular complexity index is 1580. The zero-order valence-corrected chi connectivity index (χ0v) is 20.1. The molecule has 3 aromatic heterocycles. The lowest BCUT2D eigenvalue weighted by Gasteiger charge is -2.13. The van der Waals surface area contributed by atoms with Crippen molar-refractivity contribution in [2.24, 2.45) is 0 Å². The lowest BCUT2D eigenvalue weighted by molar-refractivity contribution is 0.0995. The SMILES string of the molecule is COCCCn1c(=O)c2ccccc2n2c(SC(C)C(=O)c3c(C)[nH]c4ccccc34)nnc12. The molecule has 0 radical (unpaired) electrons. The third-order valence-corrected chi connectivity index (χ3v) is 7.04. The normalized spacial score (nSPS) is 12.7. The zero-order valence-electron chi connectivity index (χ0n) is 19.2. The number of carbonyl (C=O) groups is 1. The van der Waals surface area contributed by atoms with E-state index >= 15 is 0 Å². The van der Waals surface area contributed by atoms with Crippen LogP contribution in [0.4, 0.5) is 0 Å². The third kappa shape index (κ3) is 3.70. The molecule has 9 heteroatoms. The molecule has 5 rings (SSSR count). The maximum atomic E-state index is 13.5. The van der Waals surface area contributed by atoms with Crippen LogP contribution in [-0.4, -0.2) is 48.9 Å². The van der Waals surface area contributed by atoms with Crippen molar-refractivity contribution >= 4 is 45.1 Å². The Kier molecular flexibility index (Phi) is 5.97. The van der Waals surface area contributed by atoms with E-state index in [1.165, 1.54) is 11.8 Å². The molecule has 0 bridgehead atoms. The predicted molar refractivity (Wildman–Crippen MR) is 134 cm³/mol. The van der Waals surface area contributed by atoms with Crippen molar-refractivity contribution in [3.05, 3.63) is 70.1 Å². The van der Waals surface area contributed by atoms with Crippen LogP contribution < -0.4 is 5.56 Å². The molecule has 5 aromatic rings. The fourth-order valence-corrected chi connectivity index (χ4v) is 5.30.